The van der Waals surface area contributed by atoms with Crippen LogP contribution in [0.4, 0.5) is 0 Å². The van der Waals surface area contributed by atoms with Gasteiger partial charge in [-0.1, -0.05) is 0 Å². The molecule has 45 atom stereocenters. The fraction of sp³-hybridized carbons (Fsp3) is 0.950. The summed E-state index contributed by atoms with van der Waals surface area (Å²) in [6.07, 6.45) is -84.1. The predicted octanol–water partition coefficient (Wildman–Crippen LogP) is -19.2. The number of aliphatic hydroxyl groups excluding tert-OH is 25. The highest BCUT2D eigenvalue weighted by molar-refractivity contribution is 5.74. The van der Waals surface area contributed by atoms with E-state index in [-0.39, 0.29) is 0 Å². The summed E-state index contributed by atoms with van der Waals surface area (Å²) in [5.41, 5.74) is 0. The van der Waals surface area contributed by atoms with Gasteiger partial charge in [0.2, 0.25) is 17.7 Å². The van der Waals surface area contributed by atoms with Gasteiger partial charge in [-0.25, -0.2) is 0 Å². The van der Waals surface area contributed by atoms with Crippen LogP contribution in [0.25, 0.3) is 0 Å². The Kier molecular flexibility index (Phi) is 31.6. The molecule has 0 radical (unpaired) electrons. The van der Waals surface area contributed by atoms with E-state index >= 15 is 0 Å². The highest BCUT2D eigenvalue weighted by Crippen LogP contribution is 2.39. The van der Waals surface area contributed by atoms with E-state index < -0.39 is 347 Å². The number of carbonyl (C=O) groups is 3. The zero-order valence-corrected chi connectivity index (χ0v) is 58.0. The highest BCUT2D eigenvalue weighted by Gasteiger charge is 2.60. The Morgan fingerprint density at radius 3 is 0.991 bits per heavy atom. The quantitative estimate of drug-likeness (QED) is 0.0363. The van der Waals surface area contributed by atoms with Gasteiger partial charge in [-0.3, -0.25) is 14.4 Å². The van der Waals surface area contributed by atoms with Crippen LogP contribution in [0, 0.1) is 0 Å². The van der Waals surface area contributed by atoms with Crippen molar-refractivity contribution < 1.29 is 223 Å². The van der Waals surface area contributed by atoms with Crippen LogP contribution in [-0.2, 0) is 94.9 Å². The monoisotopic (exact) mass is 1580 g/mol. The number of hydrogen-bond acceptors (Lipinski definition) is 45. The molecule has 626 valence electrons. The lowest BCUT2D eigenvalue weighted by atomic mass is 9.93. The standard InChI is InChI=1S/C60H101N3O45/c1-13-28(73)37(82)41(86)55(94-13)92-12-24-48(34(79)25(52(91)95-24)61-14(2)70)103-53-26(62-15(3)71)35(80)47(21(9-68)100-53)105-59-45(90)50(107-57-43(88)39(84)30(75)18(6-65)97-57)33(78)23(102-59)11-93-60-51(40(85)31(76)19(7-66)99-60)108-54-27(63-16(4)72)36(81)46(22(10-69)101-54)104-58-44(89)49(32(77)20(8-67)98-58)106-56-42(87)38(83)29(74)17(5-64)96-56/h13,17-60,64-69,73-91H,5-12H2,1-4H3,(H,61,70)(H,62,71)(H,63,72)/t13-,17-,18-,19-,20-,21-,22-,23-,24-,25-,26-,27-,28+,29+,30-,31-,32+,33-,34-,35-,36-,37+,38+,39+,40+,41-,42-,43+,44-,45+,46-,47-,48-,49+,50+,51+,52-,53+,54+,55+,56-,57-,58+,59+,60+/m1/s1. The molecule has 0 bridgehead atoms. The fourth-order valence-corrected chi connectivity index (χ4v) is 13.9. The average molecular weight is 1580 g/mol. The molecule has 0 unspecified atom stereocenters. The van der Waals surface area contributed by atoms with Crippen LogP contribution in [0.3, 0.4) is 0 Å². The molecule has 28 N–H and O–H groups in total. The third kappa shape index (κ3) is 19.3. The highest BCUT2D eigenvalue weighted by atomic mass is 16.8. The Bertz CT molecular complexity index is 2820. The molecule has 0 aromatic heterocycles. The van der Waals surface area contributed by atoms with Crippen LogP contribution in [0.1, 0.15) is 27.7 Å². The topological polar surface area (TPSA) is 750 Å². The minimum atomic E-state index is -2.43. The maximum absolute atomic E-state index is 13.0. The van der Waals surface area contributed by atoms with Gasteiger partial charge in [0.05, 0.1) is 59.0 Å². The van der Waals surface area contributed by atoms with E-state index in [1.807, 2.05) is 0 Å². The zero-order valence-electron chi connectivity index (χ0n) is 58.0. The van der Waals surface area contributed by atoms with Crippen LogP contribution in [-0.4, -0.2) is 474 Å². The number of hydrogen-bond donors (Lipinski definition) is 28. The first-order valence-corrected chi connectivity index (χ1v) is 34.5. The van der Waals surface area contributed by atoms with Crippen molar-refractivity contribution in [3.63, 3.8) is 0 Å². The van der Waals surface area contributed by atoms with Gasteiger partial charge in [0.25, 0.3) is 0 Å². The second-order valence-electron chi connectivity index (χ2n) is 27.5. The van der Waals surface area contributed by atoms with Crippen molar-refractivity contribution in [3.8, 4) is 0 Å². The Morgan fingerprint density at radius 2 is 0.556 bits per heavy atom. The van der Waals surface area contributed by atoms with Crippen LogP contribution in [0.2, 0.25) is 0 Å². The van der Waals surface area contributed by atoms with Crippen molar-refractivity contribution in [2.45, 2.75) is 304 Å². The minimum absolute atomic E-state index is 0.807. The summed E-state index contributed by atoms with van der Waals surface area (Å²) in [7, 11) is 0. The smallest absolute Gasteiger partial charge is 0.217 e. The average Bonchev–Trinajstić information content (AvgIpc) is 0.771. The molecule has 9 fully saturated rings. The molecule has 0 aromatic rings. The van der Waals surface area contributed by atoms with E-state index in [0.717, 1.165) is 20.8 Å². The predicted molar refractivity (Wildman–Crippen MR) is 330 cm³/mol. The molecule has 0 aromatic carbocycles. The molecule has 9 aliphatic rings. The number of nitrogens with one attached hydrogen (secondary N) is 3. The Labute approximate surface area is 611 Å². The molecule has 9 heterocycles. The van der Waals surface area contributed by atoms with E-state index in [2.05, 4.69) is 16.0 Å². The molecule has 9 rings (SSSR count). The number of carbonyl (C=O) groups excluding carboxylic acids is 3. The van der Waals surface area contributed by atoms with Gasteiger partial charge < -0.3 is 224 Å². The number of aliphatic hydroxyl groups is 25. The van der Waals surface area contributed by atoms with E-state index in [1.165, 1.54) is 6.92 Å². The number of rotatable bonds is 27. The van der Waals surface area contributed by atoms with Gasteiger partial charge in [0, 0.05) is 20.8 Å². The van der Waals surface area contributed by atoms with E-state index in [0.29, 0.717) is 0 Å². The van der Waals surface area contributed by atoms with Crippen molar-refractivity contribution in [3.05, 3.63) is 0 Å². The largest absolute Gasteiger partial charge is 0.394 e. The third-order valence-electron chi connectivity index (χ3n) is 19.9. The molecule has 9 saturated heterocycles. The maximum Gasteiger partial charge on any atom is 0.217 e. The van der Waals surface area contributed by atoms with Crippen molar-refractivity contribution in [2.75, 3.05) is 52.9 Å². The van der Waals surface area contributed by atoms with Crippen molar-refractivity contribution >= 4 is 17.7 Å². The van der Waals surface area contributed by atoms with Crippen LogP contribution in [0.15, 0.2) is 0 Å². The summed E-state index contributed by atoms with van der Waals surface area (Å²) in [5.74, 6) is -2.70. The third-order valence-corrected chi connectivity index (χ3v) is 19.9. The van der Waals surface area contributed by atoms with Gasteiger partial charge in [-0.2, -0.15) is 0 Å². The summed E-state index contributed by atoms with van der Waals surface area (Å²) in [6, 6.07) is -5.57. The summed E-state index contributed by atoms with van der Waals surface area (Å²) in [5, 5.41) is 282. The van der Waals surface area contributed by atoms with Gasteiger partial charge in [0.1, 0.15) is 213 Å². The molecule has 48 nitrogen and oxygen atoms in total. The lowest BCUT2D eigenvalue weighted by Crippen LogP contribution is -2.70. The normalized spacial score (nSPS) is 50.4. The number of amides is 3. The summed E-state index contributed by atoms with van der Waals surface area (Å²) in [6.45, 7) is -4.14. The molecule has 0 spiro atoms. The van der Waals surface area contributed by atoms with Crippen molar-refractivity contribution in [1.82, 2.24) is 16.0 Å². The molecule has 108 heavy (non-hydrogen) atoms. The van der Waals surface area contributed by atoms with Crippen LogP contribution >= 0.6 is 0 Å². The SMILES string of the molecule is CC(=O)N[C@@H]1[C@@H](O)[C@H](O[C@@H]2O[C@H](CO)[C@@H](O[C@@H]3O[C@H](CO[C@H]4O[C@H](CO)[C@@H](O)[C@H](O)[C@@H]4O[C@@H]4O[C@H](CO)[C@@H](O[C@@H]5O[C@H](CO)[C@H](O)[C@H](O[C@H]6O[C@H](CO)[C@H](O)[C@H](O)[C@H]6O)[C@H]5O)[C@H](O)[C@H]4NC(C)=O)[C@@H](O)[C@H](O[C@H]4O[C@H](CO)[C@@H](O)[C@H](O)[C@@H]4O)[C@@H]3O)[C@H](O)[C@H]2NC(C)=O)[C@@H](CO[C@H]2O[C@H](C)[C@H](O)[C@H](O)[C@H]2O)O[C@H]1O. The summed E-state index contributed by atoms with van der Waals surface area (Å²) in [4.78, 5) is 38.3. The van der Waals surface area contributed by atoms with E-state index in [4.69, 9.17) is 80.5 Å². The minimum Gasteiger partial charge on any atom is -0.394 e. The first kappa shape index (κ1) is 88.7. The Hall–Kier alpha value is -3.27. The second kappa shape index (κ2) is 38.5. The zero-order chi connectivity index (χ0) is 79.5. The van der Waals surface area contributed by atoms with Crippen LogP contribution in [0.5, 0.6) is 0 Å². The molecule has 0 saturated carbocycles. The lowest BCUT2D eigenvalue weighted by molar-refractivity contribution is -0.391. The van der Waals surface area contributed by atoms with Crippen LogP contribution < -0.4 is 16.0 Å². The summed E-state index contributed by atoms with van der Waals surface area (Å²) >= 11 is 0. The fourth-order valence-electron chi connectivity index (χ4n) is 13.9. The molecule has 0 aliphatic carbocycles. The van der Waals surface area contributed by atoms with Crippen molar-refractivity contribution in [1.29, 1.82) is 0 Å². The molecule has 48 heteroatoms. The van der Waals surface area contributed by atoms with Gasteiger partial charge >= 0.3 is 0 Å². The first-order chi connectivity index (χ1) is 51.0. The molecule has 3 amide bonds. The maximum atomic E-state index is 13.0. The Morgan fingerprint density at radius 1 is 0.259 bits per heavy atom. The lowest BCUT2D eigenvalue weighted by Gasteiger charge is -2.50. The first-order valence-electron chi connectivity index (χ1n) is 34.5. The molecular weight excluding hydrogens is 1480 g/mol. The second-order valence-corrected chi connectivity index (χ2v) is 27.5. The molecule has 9 aliphatic heterocycles. The van der Waals surface area contributed by atoms with Crippen molar-refractivity contribution in [2.24, 2.45) is 0 Å². The van der Waals surface area contributed by atoms with Gasteiger partial charge in [0.15, 0.2) is 56.6 Å². The molecular formula is C60H101N3O45. The Balaban J connectivity index is 0.971. The van der Waals surface area contributed by atoms with Gasteiger partial charge in [-0.15, -0.1) is 0 Å². The van der Waals surface area contributed by atoms with E-state index in [1.54, 1.807) is 0 Å². The van der Waals surface area contributed by atoms with E-state index in [9.17, 15) is 142 Å². The van der Waals surface area contributed by atoms with Gasteiger partial charge in [-0.05, 0) is 6.92 Å². The number of ether oxygens (including phenoxy) is 17. The summed E-state index contributed by atoms with van der Waals surface area (Å²) < 4.78 is 99.3.